The van der Waals surface area contributed by atoms with E-state index in [0.717, 1.165) is 68.3 Å². The molecule has 0 spiro atoms. The van der Waals surface area contributed by atoms with Gasteiger partial charge in [0, 0.05) is 26.7 Å². The Kier molecular flexibility index (Phi) is 8.71. The van der Waals surface area contributed by atoms with E-state index < -0.39 is 0 Å². The summed E-state index contributed by atoms with van der Waals surface area (Å²) in [6.45, 7) is 15.6. The lowest BCUT2D eigenvalue weighted by molar-refractivity contribution is 0.400. The second-order valence-electron chi connectivity index (χ2n) is 9.51. The van der Waals surface area contributed by atoms with Crippen molar-refractivity contribution in [2.75, 3.05) is 20.6 Å². The van der Waals surface area contributed by atoms with Crippen molar-refractivity contribution >= 4 is 34.5 Å². The summed E-state index contributed by atoms with van der Waals surface area (Å²) in [5, 5.41) is 9.66. The highest BCUT2D eigenvalue weighted by Gasteiger charge is 2.15. The second kappa shape index (κ2) is 12.2. The molecule has 2 N–H and O–H groups in total. The first-order valence-corrected chi connectivity index (χ1v) is 13.6. The molecule has 0 saturated carbocycles. The normalized spacial score (nSPS) is 13.7. The molecule has 4 aromatic heterocycles. The molecular formula is C31H36N6S. The number of aryl methyl sites for hydroxylation is 1. The molecule has 196 valence electrons. The molecule has 4 rings (SSSR count). The number of pyridine rings is 1. The van der Waals surface area contributed by atoms with Crippen LogP contribution in [0.1, 0.15) is 31.6 Å². The molecule has 0 bridgehead atoms. The zero-order valence-corrected chi connectivity index (χ0v) is 23.7. The second-order valence-corrected chi connectivity index (χ2v) is 10.8. The Balaban J connectivity index is 1.74. The molecule has 0 aromatic carbocycles. The Labute approximate surface area is 228 Å². The largest absolute Gasteiger partial charge is 0.335 e. The summed E-state index contributed by atoms with van der Waals surface area (Å²) in [6.07, 6.45) is 16.0. The zero-order chi connectivity index (χ0) is 27.2. The highest BCUT2D eigenvalue weighted by molar-refractivity contribution is 7.15. The minimum atomic E-state index is 0.693. The molecule has 0 unspecified atom stereocenters. The van der Waals surface area contributed by atoms with Crippen LogP contribution in [-0.2, 0) is 0 Å². The summed E-state index contributed by atoms with van der Waals surface area (Å²) < 4.78 is 0. The van der Waals surface area contributed by atoms with Gasteiger partial charge in [-0.25, -0.2) is 4.98 Å². The maximum Gasteiger partial charge on any atom is 0.159 e. The predicted molar refractivity (Wildman–Crippen MR) is 162 cm³/mol. The highest BCUT2D eigenvalue weighted by Crippen LogP contribution is 2.32. The summed E-state index contributed by atoms with van der Waals surface area (Å²) in [4.78, 5) is 17.5. The molecule has 0 fully saturated rings. The van der Waals surface area contributed by atoms with Gasteiger partial charge in [0.15, 0.2) is 5.82 Å². The number of rotatable bonds is 10. The summed E-state index contributed by atoms with van der Waals surface area (Å²) >= 11 is 1.74. The molecule has 0 atom stereocenters. The zero-order valence-electron chi connectivity index (χ0n) is 22.9. The van der Waals surface area contributed by atoms with Gasteiger partial charge < -0.3 is 9.88 Å². The molecule has 6 nitrogen and oxygen atoms in total. The van der Waals surface area contributed by atoms with Crippen molar-refractivity contribution in [3.05, 3.63) is 88.1 Å². The topological polar surface area (TPSA) is 73.5 Å². The fourth-order valence-corrected chi connectivity index (χ4v) is 5.25. The number of thiophene rings is 1. The Morgan fingerprint density at radius 2 is 2.00 bits per heavy atom. The number of nitrogens with zero attached hydrogens (tertiary/aromatic N) is 4. The number of imidazole rings is 1. The van der Waals surface area contributed by atoms with Gasteiger partial charge >= 0.3 is 0 Å². The van der Waals surface area contributed by atoms with E-state index in [1.807, 2.05) is 38.4 Å². The average molecular weight is 525 g/mol. The van der Waals surface area contributed by atoms with Gasteiger partial charge in [-0.2, -0.15) is 5.10 Å². The van der Waals surface area contributed by atoms with Crippen LogP contribution in [0.3, 0.4) is 0 Å². The summed E-state index contributed by atoms with van der Waals surface area (Å²) in [6, 6.07) is 4.24. The van der Waals surface area contributed by atoms with Crippen LogP contribution in [0.15, 0.2) is 72.6 Å². The Hall–Kier alpha value is -3.81. The van der Waals surface area contributed by atoms with E-state index in [1.54, 1.807) is 11.3 Å². The van der Waals surface area contributed by atoms with E-state index in [4.69, 9.17) is 4.98 Å². The van der Waals surface area contributed by atoms with Gasteiger partial charge in [-0.15, -0.1) is 11.3 Å². The number of fused-ring (bicyclic) bond motifs is 1. The van der Waals surface area contributed by atoms with Crippen LogP contribution in [-0.4, -0.2) is 50.7 Å². The van der Waals surface area contributed by atoms with Gasteiger partial charge in [0.05, 0.1) is 17.1 Å². The van der Waals surface area contributed by atoms with Crippen LogP contribution >= 0.6 is 11.3 Å². The molecular weight excluding hydrogens is 488 g/mol. The van der Waals surface area contributed by atoms with E-state index in [-0.39, 0.29) is 0 Å². The molecule has 0 radical (unpaired) electrons. The first-order valence-electron chi connectivity index (χ1n) is 12.8. The number of allylic oxidation sites excluding steroid dienone is 6. The number of aromatic amines is 2. The van der Waals surface area contributed by atoms with Gasteiger partial charge in [0.2, 0.25) is 0 Å². The van der Waals surface area contributed by atoms with Crippen molar-refractivity contribution in [1.29, 1.82) is 0 Å². The molecule has 4 aromatic rings. The van der Waals surface area contributed by atoms with Crippen molar-refractivity contribution in [3.63, 3.8) is 0 Å². The van der Waals surface area contributed by atoms with E-state index in [0.29, 0.717) is 5.82 Å². The van der Waals surface area contributed by atoms with Crippen LogP contribution in [0.5, 0.6) is 0 Å². The molecule has 4 heterocycles. The quantitative estimate of drug-likeness (QED) is 0.253. The van der Waals surface area contributed by atoms with Crippen molar-refractivity contribution in [1.82, 2.24) is 30.0 Å². The van der Waals surface area contributed by atoms with E-state index in [1.165, 1.54) is 10.5 Å². The highest BCUT2D eigenvalue weighted by atomic mass is 32.1. The predicted octanol–water partition coefficient (Wildman–Crippen LogP) is 5.92. The van der Waals surface area contributed by atoms with Crippen LogP contribution in [0, 0.1) is 6.92 Å². The maximum atomic E-state index is 4.98. The molecule has 0 amide bonds. The number of aromatic nitrogens is 5. The van der Waals surface area contributed by atoms with E-state index >= 15 is 0 Å². The van der Waals surface area contributed by atoms with Crippen LogP contribution < -0.4 is 10.6 Å². The van der Waals surface area contributed by atoms with Crippen molar-refractivity contribution in [2.24, 2.45) is 0 Å². The van der Waals surface area contributed by atoms with Crippen LogP contribution in [0.2, 0.25) is 0 Å². The first kappa shape index (κ1) is 27.2. The molecule has 0 aliphatic heterocycles. The summed E-state index contributed by atoms with van der Waals surface area (Å²) in [5.41, 5.74) is 6.69. The van der Waals surface area contributed by atoms with Gasteiger partial charge in [0.25, 0.3) is 0 Å². The molecule has 7 heteroatoms. The summed E-state index contributed by atoms with van der Waals surface area (Å²) in [5.74, 6) is 0.693. The lowest BCUT2D eigenvalue weighted by Gasteiger charge is -2.10. The van der Waals surface area contributed by atoms with Crippen LogP contribution in [0.4, 0.5) is 0 Å². The lowest BCUT2D eigenvalue weighted by atomic mass is 10.0. The Bertz CT molecular complexity index is 1640. The fraction of sp³-hybridized carbons (Fsp3) is 0.258. The van der Waals surface area contributed by atoms with E-state index in [2.05, 4.69) is 89.6 Å². The van der Waals surface area contributed by atoms with Crippen molar-refractivity contribution in [3.8, 4) is 22.0 Å². The minimum absolute atomic E-state index is 0.693. The maximum absolute atomic E-state index is 4.98. The first-order chi connectivity index (χ1) is 18.3. The van der Waals surface area contributed by atoms with Crippen molar-refractivity contribution in [2.45, 2.75) is 33.6 Å². The molecule has 0 aliphatic carbocycles. The van der Waals surface area contributed by atoms with Gasteiger partial charge in [-0.05, 0) is 89.2 Å². The standard InChI is InChI=1S/C31H36N6S/c1-8-22(12-11-15-37(6)7)17-23(9-2)20(4)16-24-26(10-3)35-36-30(24)31-33-27-19-32-18-25(29(27)34-31)28-14-13-21(5)38-28/h8-10,13-14,16-19,35H,1,4,11-12,15H2,2-3,5-7H3,(H,33,34)/b22-17+,23-9+,24-16+,26-10+. The van der Waals surface area contributed by atoms with Gasteiger partial charge in [0.1, 0.15) is 11.2 Å². The number of hydrogen-bond acceptors (Lipinski definition) is 5. The minimum Gasteiger partial charge on any atom is -0.335 e. The van der Waals surface area contributed by atoms with Gasteiger partial charge in [-0.1, -0.05) is 37.5 Å². The lowest BCUT2D eigenvalue weighted by Crippen LogP contribution is -2.24. The molecule has 0 saturated heterocycles. The third-order valence-corrected chi connectivity index (χ3v) is 7.45. The molecule has 38 heavy (non-hydrogen) atoms. The van der Waals surface area contributed by atoms with Crippen LogP contribution in [0.25, 0.3) is 45.1 Å². The number of H-pyrrole nitrogens is 2. The third-order valence-electron chi connectivity index (χ3n) is 6.42. The Morgan fingerprint density at radius 1 is 1.18 bits per heavy atom. The average Bonchev–Trinajstić information content (AvgIpc) is 3.63. The fourth-order valence-electron chi connectivity index (χ4n) is 4.37. The SMILES string of the molecule is C=C/C(=C\C(=C/C)C(=C)/C=c1/c(-c2nc3c(-c4ccc(C)s4)cncc3[nH]2)n[nH]/c1=C/C)CCCN(C)C. The van der Waals surface area contributed by atoms with Crippen molar-refractivity contribution < 1.29 is 0 Å². The van der Waals surface area contributed by atoms with E-state index in [9.17, 15) is 0 Å². The molecule has 0 aliphatic rings. The summed E-state index contributed by atoms with van der Waals surface area (Å²) in [7, 11) is 4.19. The smallest absolute Gasteiger partial charge is 0.159 e. The number of hydrogen-bond donors (Lipinski definition) is 2. The Morgan fingerprint density at radius 3 is 2.66 bits per heavy atom. The van der Waals surface area contributed by atoms with Gasteiger partial charge in [-0.3, -0.25) is 10.1 Å². The monoisotopic (exact) mass is 524 g/mol. The third kappa shape index (κ3) is 6.01. The number of nitrogens with one attached hydrogen (secondary N) is 2.